The minimum absolute atomic E-state index is 0.480. The van der Waals surface area contributed by atoms with Crippen molar-refractivity contribution in [2.24, 2.45) is 7.05 Å². The van der Waals surface area contributed by atoms with Gasteiger partial charge in [0.05, 0.1) is 41.7 Å². The number of hydrogen-bond donors (Lipinski definition) is 0. The summed E-state index contributed by atoms with van der Waals surface area (Å²) in [6.07, 6.45) is 17.7. The summed E-state index contributed by atoms with van der Waals surface area (Å²) in [5, 5.41) is 0. The minimum atomic E-state index is 0.480. The highest BCUT2D eigenvalue weighted by Gasteiger charge is 2.18. The van der Waals surface area contributed by atoms with E-state index < -0.39 is 0 Å². The molecule has 5 heterocycles. The topological polar surface area (TPSA) is 35.6 Å². The van der Waals surface area contributed by atoms with E-state index in [1.165, 1.54) is 45.7 Å². The van der Waals surface area contributed by atoms with Crippen molar-refractivity contribution in [3.63, 3.8) is 0 Å². The Morgan fingerprint density at radius 1 is 0.630 bits per heavy atom. The molecule has 0 unspecified atom stereocenters. The fourth-order valence-electron chi connectivity index (χ4n) is 7.15. The van der Waals surface area contributed by atoms with Gasteiger partial charge in [0.15, 0.2) is 0 Å². The summed E-state index contributed by atoms with van der Waals surface area (Å²) in [5.74, 6) is 0.480. The second-order valence-electron chi connectivity index (χ2n) is 13.1. The van der Waals surface area contributed by atoms with Gasteiger partial charge in [0.1, 0.15) is 0 Å². The Morgan fingerprint density at radius 2 is 1.13 bits per heavy atom. The Morgan fingerprint density at radius 3 is 1.67 bits per heavy atom. The number of hydrogen-bond acceptors (Lipinski definition) is 2. The molecule has 0 spiro atoms. The number of benzene rings is 2. The summed E-state index contributed by atoms with van der Waals surface area (Å²) >= 11 is 0. The molecule has 3 aromatic heterocycles. The van der Waals surface area contributed by atoms with Crippen LogP contribution >= 0.6 is 0 Å². The van der Waals surface area contributed by atoms with Crippen LogP contribution in [0.4, 0.5) is 0 Å². The maximum absolute atomic E-state index is 5.28. The molecule has 0 N–H and O–H groups in total. The molecule has 0 saturated carbocycles. The van der Waals surface area contributed by atoms with Gasteiger partial charge in [-0.25, -0.2) is 9.97 Å². The maximum atomic E-state index is 5.28. The average molecular weight is 715 g/mol. The highest BCUT2D eigenvalue weighted by Crippen LogP contribution is 2.37. The van der Waals surface area contributed by atoms with E-state index >= 15 is 0 Å². The van der Waals surface area contributed by atoms with Crippen molar-refractivity contribution in [2.45, 2.75) is 94.9 Å². The van der Waals surface area contributed by atoms with E-state index in [1.807, 2.05) is 27.7 Å². The lowest BCUT2D eigenvalue weighted by atomic mass is 9.92. The summed E-state index contributed by atoms with van der Waals surface area (Å²) < 4.78 is 4.71. The number of aryl methyl sites for hydroxylation is 5. The van der Waals surface area contributed by atoms with Crippen LogP contribution in [0, 0.1) is 33.6 Å². The molecule has 278 valence electrons. The van der Waals surface area contributed by atoms with Crippen molar-refractivity contribution >= 4 is 54.2 Å². The standard InChI is InChI=1S/C42H42N4.2C2H6.C2H2.CH3B/c1-8-21-46-35-16-20-39(46)42(40-28(5)22-27(4)23-29(40)6)37-18-14-32(44-37)24-34-15-19-38(45(34)7)41(36-17-13-33(25-35)43-36)31-11-9-30(10-12-31)26(2)3;4*1-2/h9-20,22-26H,8,21H2,1-7H3;2*1-2H3;1-2H;1H3. The molecule has 2 aliphatic heterocycles. The monoisotopic (exact) mass is 714 g/mol. The van der Waals surface area contributed by atoms with Gasteiger partial charge in [-0.1, -0.05) is 97.3 Å². The molecule has 2 aliphatic rings. The summed E-state index contributed by atoms with van der Waals surface area (Å²) in [5.41, 5.74) is 18.3. The Hall–Kier alpha value is -5.34. The molecule has 0 fully saturated rings. The molecule has 0 saturated heterocycles. The fraction of sp³-hybridized carbons (Fsp3) is 0.306. The van der Waals surface area contributed by atoms with Gasteiger partial charge in [-0.15, -0.1) is 12.8 Å². The van der Waals surface area contributed by atoms with Gasteiger partial charge in [0, 0.05) is 35.8 Å². The van der Waals surface area contributed by atoms with E-state index in [0.717, 1.165) is 63.4 Å². The first kappa shape index (κ1) is 43.1. The van der Waals surface area contributed by atoms with Crippen LogP contribution in [0.5, 0.6) is 0 Å². The Labute approximate surface area is 327 Å². The van der Waals surface area contributed by atoms with Gasteiger partial charge in [-0.05, 0) is 122 Å². The maximum Gasteiger partial charge on any atom is 0.0737 e. The molecule has 8 bridgehead atoms. The number of fused-ring (bicyclic) bond motifs is 8. The largest absolute Gasteiger partial charge is 0.344 e. The van der Waals surface area contributed by atoms with Crippen LogP contribution in [-0.4, -0.2) is 26.9 Å². The molecule has 2 aromatic carbocycles. The molecular formula is C49H59BN4. The molecule has 5 heteroatoms. The molecule has 0 aliphatic carbocycles. The number of rotatable bonds is 5. The molecule has 5 aromatic rings. The highest BCUT2D eigenvalue weighted by atomic mass is 15.0. The molecule has 0 atom stereocenters. The number of aromatic nitrogens is 4. The van der Waals surface area contributed by atoms with Crippen molar-refractivity contribution < 1.29 is 0 Å². The third-order valence-corrected chi connectivity index (χ3v) is 9.35. The average Bonchev–Trinajstić information content (AvgIpc) is 4.00. The highest BCUT2D eigenvalue weighted by molar-refractivity contribution is 6.05. The van der Waals surface area contributed by atoms with Gasteiger partial charge >= 0.3 is 0 Å². The van der Waals surface area contributed by atoms with Gasteiger partial charge in [0.25, 0.3) is 0 Å². The van der Waals surface area contributed by atoms with Gasteiger partial charge in [-0.2, -0.15) is 0 Å². The van der Waals surface area contributed by atoms with Crippen molar-refractivity contribution in [1.29, 1.82) is 0 Å². The van der Waals surface area contributed by atoms with Crippen molar-refractivity contribution in [1.82, 2.24) is 19.1 Å². The summed E-state index contributed by atoms with van der Waals surface area (Å²) in [7, 11) is 6.64. The van der Waals surface area contributed by atoms with E-state index in [0.29, 0.717) is 5.92 Å². The van der Waals surface area contributed by atoms with Crippen LogP contribution in [0.2, 0.25) is 6.82 Å². The molecule has 4 nitrogen and oxygen atoms in total. The van der Waals surface area contributed by atoms with E-state index in [2.05, 4.69) is 176 Å². The lowest BCUT2D eigenvalue weighted by Gasteiger charge is -2.15. The van der Waals surface area contributed by atoms with E-state index in [9.17, 15) is 0 Å². The predicted octanol–water partition coefficient (Wildman–Crippen LogP) is 13.4. The SMILES string of the molecule is C#C.CC.CC.CCCn1c2ccc1c(-c1c(C)cc(C)cc1C)c1nc(cc3ccc(c(-c4ccc(C(C)C)cc4)c4nc(c2)C=C4)n3C)C=C1.[B]C. The van der Waals surface area contributed by atoms with E-state index in [4.69, 9.17) is 9.97 Å². The first-order valence-corrected chi connectivity index (χ1v) is 19.4. The normalized spacial score (nSPS) is 10.9. The fourth-order valence-corrected chi connectivity index (χ4v) is 7.15. The zero-order chi connectivity index (χ0) is 40.1. The van der Waals surface area contributed by atoms with Crippen molar-refractivity contribution in [3.05, 3.63) is 118 Å². The molecule has 0 amide bonds. The Bertz CT molecular complexity index is 2250. The third-order valence-electron chi connectivity index (χ3n) is 9.35. The second kappa shape index (κ2) is 20.2. The second-order valence-corrected chi connectivity index (χ2v) is 13.1. The summed E-state index contributed by atoms with van der Waals surface area (Å²) in [6.45, 7) is 23.7. The van der Waals surface area contributed by atoms with Crippen molar-refractivity contribution in [3.8, 4) is 35.1 Å². The van der Waals surface area contributed by atoms with Crippen LogP contribution in [0.15, 0.2) is 72.8 Å². The predicted molar refractivity (Wildman–Crippen MR) is 241 cm³/mol. The first-order chi connectivity index (χ1) is 26.2. The lowest BCUT2D eigenvalue weighted by molar-refractivity contribution is 0.723. The van der Waals surface area contributed by atoms with Crippen LogP contribution in [0.3, 0.4) is 0 Å². The van der Waals surface area contributed by atoms with Crippen LogP contribution < -0.4 is 0 Å². The summed E-state index contributed by atoms with van der Waals surface area (Å²) in [4.78, 5) is 10.5. The molecular weight excluding hydrogens is 655 g/mol. The third kappa shape index (κ3) is 9.06. The smallest absolute Gasteiger partial charge is 0.0737 e. The summed E-state index contributed by atoms with van der Waals surface area (Å²) in [6, 6.07) is 26.9. The number of terminal acetylenes is 1. The Balaban J connectivity index is 0.000000921. The molecule has 7 rings (SSSR count). The van der Waals surface area contributed by atoms with Crippen LogP contribution in [-0.2, 0) is 13.6 Å². The van der Waals surface area contributed by atoms with E-state index in [-0.39, 0.29) is 0 Å². The molecule has 2 radical (unpaired) electrons. The number of nitrogens with zero attached hydrogens (tertiary/aromatic N) is 4. The first-order valence-electron chi connectivity index (χ1n) is 19.4. The lowest BCUT2D eigenvalue weighted by Crippen LogP contribution is -2.00. The minimum Gasteiger partial charge on any atom is -0.344 e. The van der Waals surface area contributed by atoms with Crippen LogP contribution in [0.25, 0.3) is 68.6 Å². The van der Waals surface area contributed by atoms with Gasteiger partial charge in [-0.3, -0.25) is 0 Å². The molecule has 54 heavy (non-hydrogen) atoms. The van der Waals surface area contributed by atoms with Gasteiger partial charge < -0.3 is 9.13 Å². The zero-order valence-electron chi connectivity index (χ0n) is 34.8. The van der Waals surface area contributed by atoms with Crippen molar-refractivity contribution in [2.75, 3.05) is 0 Å². The Kier molecular flexibility index (Phi) is 16.1. The quantitative estimate of drug-likeness (QED) is 0.131. The zero-order valence-corrected chi connectivity index (χ0v) is 34.8. The van der Waals surface area contributed by atoms with Gasteiger partial charge in [0.2, 0.25) is 0 Å². The van der Waals surface area contributed by atoms with Crippen LogP contribution in [0.1, 0.15) is 106 Å². The van der Waals surface area contributed by atoms with E-state index in [1.54, 1.807) is 0 Å².